The van der Waals surface area contributed by atoms with Crippen LogP contribution in [0.2, 0.25) is 0 Å². The Morgan fingerprint density at radius 3 is 2.62 bits per heavy atom. The number of amides is 2. The smallest absolute Gasteiger partial charge is 0.257 e. The van der Waals surface area contributed by atoms with Crippen LogP contribution in [0.5, 0.6) is 0 Å². The molecule has 1 fully saturated rings. The zero-order valence-corrected chi connectivity index (χ0v) is 7.40. The number of carbonyl (C=O) groups excluding carboxylic acids is 2. The Morgan fingerprint density at radius 1 is 1.54 bits per heavy atom. The number of rotatable bonds is 2. The Labute approximate surface area is 76.1 Å². The molecule has 4 nitrogen and oxygen atoms in total. The van der Waals surface area contributed by atoms with Crippen LogP contribution < -0.4 is 0 Å². The molecule has 0 aromatic heterocycles. The predicted octanol–water partition coefficient (Wildman–Crippen LogP) is 0.499. The van der Waals surface area contributed by atoms with E-state index >= 15 is 0 Å². The zero-order chi connectivity index (χ0) is 9.42. The summed E-state index contributed by atoms with van der Waals surface area (Å²) >= 11 is 0. The maximum Gasteiger partial charge on any atom is 0.257 e. The van der Waals surface area contributed by atoms with Gasteiger partial charge in [-0.1, -0.05) is 12.2 Å². The lowest BCUT2D eigenvalue weighted by Crippen LogP contribution is -2.31. The van der Waals surface area contributed by atoms with Crippen molar-refractivity contribution < 1.29 is 14.4 Å². The summed E-state index contributed by atoms with van der Waals surface area (Å²) in [5.74, 6) is -0.353. The molecule has 13 heavy (non-hydrogen) atoms. The molecular formula is C9H11NO3. The van der Waals surface area contributed by atoms with Gasteiger partial charge in [-0.2, -0.15) is 5.06 Å². The first-order valence-corrected chi connectivity index (χ1v) is 4.31. The minimum atomic E-state index is -0.224. The number of allylic oxidation sites excluding steroid dienone is 2. The zero-order valence-electron chi connectivity index (χ0n) is 7.40. The number of imide groups is 1. The van der Waals surface area contributed by atoms with E-state index in [1.54, 1.807) is 0 Å². The number of carbonyl (C=O) groups is 2. The van der Waals surface area contributed by atoms with E-state index in [0.29, 0.717) is 6.42 Å². The number of hydroxylamine groups is 2. The lowest BCUT2D eigenvalue weighted by Gasteiger charge is -2.22. The van der Waals surface area contributed by atoms with E-state index in [9.17, 15) is 9.59 Å². The van der Waals surface area contributed by atoms with Crippen LogP contribution in [0.1, 0.15) is 12.8 Å². The first-order valence-electron chi connectivity index (χ1n) is 4.31. The van der Waals surface area contributed by atoms with Crippen molar-refractivity contribution >= 4 is 11.8 Å². The SMILES string of the molecule is CON1C(=O)CC([C@@H]2C=CC2)C1=O. The molecule has 0 spiro atoms. The van der Waals surface area contributed by atoms with Gasteiger partial charge in [-0.05, 0) is 12.3 Å². The largest absolute Gasteiger partial charge is 0.272 e. The van der Waals surface area contributed by atoms with Gasteiger partial charge in [0, 0.05) is 6.42 Å². The summed E-state index contributed by atoms with van der Waals surface area (Å²) in [5, 5.41) is 0.872. The van der Waals surface area contributed by atoms with Crippen molar-refractivity contribution in [1.82, 2.24) is 5.06 Å². The summed E-state index contributed by atoms with van der Waals surface area (Å²) in [7, 11) is 1.34. The molecule has 1 aliphatic heterocycles. The topological polar surface area (TPSA) is 46.6 Å². The second-order valence-electron chi connectivity index (χ2n) is 3.35. The van der Waals surface area contributed by atoms with E-state index in [1.165, 1.54) is 7.11 Å². The summed E-state index contributed by atoms with van der Waals surface area (Å²) < 4.78 is 0. The van der Waals surface area contributed by atoms with Gasteiger partial charge >= 0.3 is 0 Å². The van der Waals surface area contributed by atoms with Crippen LogP contribution in [0, 0.1) is 11.8 Å². The van der Waals surface area contributed by atoms with Crippen molar-refractivity contribution in [3.8, 4) is 0 Å². The predicted molar refractivity (Wildman–Crippen MR) is 44.2 cm³/mol. The van der Waals surface area contributed by atoms with Crippen LogP contribution in [0.4, 0.5) is 0 Å². The molecule has 1 heterocycles. The molecule has 2 amide bonds. The van der Waals surface area contributed by atoms with Crippen LogP contribution in [-0.2, 0) is 14.4 Å². The second kappa shape index (κ2) is 2.96. The van der Waals surface area contributed by atoms with Gasteiger partial charge in [0.15, 0.2) is 0 Å². The summed E-state index contributed by atoms with van der Waals surface area (Å²) in [6.45, 7) is 0. The van der Waals surface area contributed by atoms with Gasteiger partial charge in [-0.3, -0.25) is 14.4 Å². The Morgan fingerprint density at radius 2 is 2.23 bits per heavy atom. The fourth-order valence-electron chi connectivity index (χ4n) is 1.75. The molecule has 1 unspecified atom stereocenters. The Bertz CT molecular complexity index is 285. The van der Waals surface area contributed by atoms with Gasteiger partial charge in [0.05, 0.1) is 13.0 Å². The fourth-order valence-corrected chi connectivity index (χ4v) is 1.75. The monoisotopic (exact) mass is 181 g/mol. The number of hydrogen-bond donors (Lipinski definition) is 0. The van der Waals surface area contributed by atoms with E-state index in [4.69, 9.17) is 4.84 Å². The Balaban J connectivity index is 2.12. The maximum absolute atomic E-state index is 11.5. The highest BCUT2D eigenvalue weighted by Gasteiger charge is 2.43. The third-order valence-corrected chi connectivity index (χ3v) is 2.63. The quantitative estimate of drug-likeness (QED) is 0.460. The highest BCUT2D eigenvalue weighted by atomic mass is 16.7. The fraction of sp³-hybridized carbons (Fsp3) is 0.556. The normalized spacial score (nSPS) is 32.5. The minimum absolute atomic E-state index is 0.183. The molecule has 0 bridgehead atoms. The van der Waals surface area contributed by atoms with E-state index in [0.717, 1.165) is 11.5 Å². The molecule has 1 aliphatic carbocycles. The van der Waals surface area contributed by atoms with Crippen molar-refractivity contribution in [2.24, 2.45) is 11.8 Å². The summed E-state index contributed by atoms with van der Waals surface area (Å²) in [4.78, 5) is 27.4. The van der Waals surface area contributed by atoms with Gasteiger partial charge in [0.25, 0.3) is 11.8 Å². The van der Waals surface area contributed by atoms with Crippen LogP contribution in [0.15, 0.2) is 12.2 Å². The van der Waals surface area contributed by atoms with E-state index in [1.807, 2.05) is 12.2 Å². The van der Waals surface area contributed by atoms with E-state index < -0.39 is 0 Å². The molecule has 0 saturated carbocycles. The molecule has 0 N–H and O–H groups in total. The number of nitrogens with zero attached hydrogens (tertiary/aromatic N) is 1. The van der Waals surface area contributed by atoms with Gasteiger partial charge < -0.3 is 0 Å². The molecule has 0 aromatic carbocycles. The first kappa shape index (κ1) is 8.44. The molecular weight excluding hydrogens is 170 g/mol. The van der Waals surface area contributed by atoms with Gasteiger partial charge in [0.1, 0.15) is 0 Å². The van der Waals surface area contributed by atoms with Gasteiger partial charge in [-0.25, -0.2) is 0 Å². The molecule has 70 valence electrons. The highest BCUT2D eigenvalue weighted by molar-refractivity contribution is 6.02. The molecule has 2 atom stereocenters. The third kappa shape index (κ3) is 1.18. The third-order valence-electron chi connectivity index (χ3n) is 2.63. The molecule has 1 saturated heterocycles. The molecule has 2 rings (SSSR count). The molecule has 4 heteroatoms. The summed E-state index contributed by atoms with van der Waals surface area (Å²) in [6, 6.07) is 0. The first-order chi connectivity index (χ1) is 6.24. The van der Waals surface area contributed by atoms with Gasteiger partial charge in [0.2, 0.25) is 0 Å². The van der Waals surface area contributed by atoms with E-state index in [-0.39, 0.29) is 23.7 Å². The lowest BCUT2D eigenvalue weighted by molar-refractivity contribution is -0.180. The van der Waals surface area contributed by atoms with Gasteiger partial charge in [-0.15, -0.1) is 0 Å². The van der Waals surface area contributed by atoms with Crippen molar-refractivity contribution in [2.45, 2.75) is 12.8 Å². The van der Waals surface area contributed by atoms with Crippen molar-refractivity contribution in [3.05, 3.63) is 12.2 Å². The second-order valence-corrected chi connectivity index (χ2v) is 3.35. The minimum Gasteiger partial charge on any atom is -0.272 e. The molecule has 0 aromatic rings. The van der Waals surface area contributed by atoms with Crippen LogP contribution in [0.25, 0.3) is 0 Å². The average Bonchev–Trinajstić information content (AvgIpc) is 2.25. The maximum atomic E-state index is 11.5. The Hall–Kier alpha value is -1.16. The van der Waals surface area contributed by atoms with Crippen LogP contribution >= 0.6 is 0 Å². The summed E-state index contributed by atoms with van der Waals surface area (Å²) in [5.41, 5.74) is 0. The van der Waals surface area contributed by atoms with Crippen LogP contribution in [-0.4, -0.2) is 24.0 Å². The van der Waals surface area contributed by atoms with Crippen molar-refractivity contribution in [2.75, 3.05) is 7.11 Å². The van der Waals surface area contributed by atoms with Crippen LogP contribution in [0.3, 0.4) is 0 Å². The van der Waals surface area contributed by atoms with Crippen molar-refractivity contribution in [1.29, 1.82) is 0 Å². The molecule has 2 aliphatic rings. The highest BCUT2D eigenvalue weighted by Crippen LogP contribution is 2.34. The van der Waals surface area contributed by atoms with E-state index in [2.05, 4.69) is 0 Å². The average molecular weight is 181 g/mol. The summed E-state index contributed by atoms with van der Waals surface area (Å²) in [6.07, 6.45) is 5.19. The van der Waals surface area contributed by atoms with Crippen molar-refractivity contribution in [3.63, 3.8) is 0 Å². The standard InChI is InChI=1S/C9H11NO3/c1-13-10-8(11)5-7(9(10)12)6-3-2-4-6/h2-3,6-7H,4-5H2,1H3/t6-,7?/m1/s1. The molecule has 0 radical (unpaired) electrons. The lowest BCUT2D eigenvalue weighted by atomic mass is 9.82. The number of hydrogen-bond acceptors (Lipinski definition) is 3. The Kier molecular flexibility index (Phi) is 1.92.